The van der Waals surface area contributed by atoms with Crippen molar-refractivity contribution in [3.63, 3.8) is 0 Å². The molecule has 0 spiro atoms. The Morgan fingerprint density at radius 1 is 1.35 bits per heavy atom. The summed E-state index contributed by atoms with van der Waals surface area (Å²) in [5.74, 6) is 0. The molecule has 1 fully saturated rings. The van der Waals surface area contributed by atoms with Gasteiger partial charge >= 0.3 is 0 Å². The molecule has 1 aromatic rings. The van der Waals surface area contributed by atoms with E-state index in [4.69, 9.17) is 16.3 Å². The topological polar surface area (TPSA) is 24.5 Å². The van der Waals surface area contributed by atoms with E-state index in [1.807, 2.05) is 12.1 Å². The lowest BCUT2D eigenvalue weighted by Crippen LogP contribution is -2.50. The number of rotatable bonds is 5. The van der Waals surface area contributed by atoms with Gasteiger partial charge in [-0.05, 0) is 38.1 Å². The van der Waals surface area contributed by atoms with Gasteiger partial charge in [-0.1, -0.05) is 30.7 Å². The molecule has 1 N–H and O–H groups in total. The molecule has 0 amide bonds. The Hall–Kier alpha value is -0.610. The van der Waals surface area contributed by atoms with Crippen LogP contribution >= 0.6 is 11.6 Å². The number of nitrogens with zero attached hydrogens (tertiary/aromatic N) is 1. The lowest BCUT2D eigenvalue weighted by Gasteiger charge is -2.39. The van der Waals surface area contributed by atoms with Crippen molar-refractivity contribution >= 4 is 11.6 Å². The van der Waals surface area contributed by atoms with Crippen LogP contribution in [0.25, 0.3) is 0 Å². The van der Waals surface area contributed by atoms with Crippen LogP contribution in [0.15, 0.2) is 24.3 Å². The third kappa shape index (κ3) is 3.95. The van der Waals surface area contributed by atoms with Crippen molar-refractivity contribution in [1.29, 1.82) is 0 Å². The van der Waals surface area contributed by atoms with Crippen molar-refractivity contribution in [2.75, 3.05) is 26.2 Å². The van der Waals surface area contributed by atoms with Crippen LogP contribution in [0.1, 0.15) is 32.4 Å². The normalized spacial score (nSPS) is 22.1. The number of benzene rings is 1. The third-order valence-electron chi connectivity index (χ3n) is 3.88. The number of likely N-dealkylation sites (N-methyl/N-ethyl adjacent to an activating group) is 1. The van der Waals surface area contributed by atoms with Crippen molar-refractivity contribution in [3.8, 4) is 0 Å². The van der Waals surface area contributed by atoms with Gasteiger partial charge in [-0.2, -0.15) is 0 Å². The third-order valence-corrected chi connectivity index (χ3v) is 4.13. The van der Waals surface area contributed by atoms with Crippen molar-refractivity contribution in [1.82, 2.24) is 10.2 Å². The van der Waals surface area contributed by atoms with E-state index in [0.717, 1.165) is 31.3 Å². The smallest absolute Gasteiger partial charge is 0.0897 e. The molecule has 4 heteroatoms. The van der Waals surface area contributed by atoms with Crippen LogP contribution in [-0.4, -0.2) is 43.3 Å². The first-order valence-corrected chi connectivity index (χ1v) is 7.84. The average molecular weight is 297 g/mol. The average Bonchev–Trinajstić information content (AvgIpc) is 2.46. The molecule has 1 saturated heterocycles. The minimum absolute atomic E-state index is 0.187. The van der Waals surface area contributed by atoms with Crippen molar-refractivity contribution < 1.29 is 4.74 Å². The Kier molecular flexibility index (Phi) is 5.85. The summed E-state index contributed by atoms with van der Waals surface area (Å²) in [4.78, 5) is 2.48. The lowest BCUT2D eigenvalue weighted by molar-refractivity contribution is -0.0558. The summed E-state index contributed by atoms with van der Waals surface area (Å²) in [6.07, 6.45) is 0.187. The molecule has 2 rings (SSSR count). The second-order valence-corrected chi connectivity index (χ2v) is 6.02. The first-order valence-electron chi connectivity index (χ1n) is 7.46. The number of nitrogens with one attached hydrogen (secondary N) is 1. The first kappa shape index (κ1) is 15.8. The van der Waals surface area contributed by atoms with Crippen LogP contribution < -0.4 is 5.32 Å². The summed E-state index contributed by atoms with van der Waals surface area (Å²) < 4.78 is 6.02. The van der Waals surface area contributed by atoms with Gasteiger partial charge in [-0.25, -0.2) is 0 Å². The predicted octanol–water partition coefficient (Wildman–Crippen LogP) is 3.10. The molecule has 0 bridgehead atoms. The minimum Gasteiger partial charge on any atom is -0.374 e. The fourth-order valence-corrected chi connectivity index (χ4v) is 2.85. The Morgan fingerprint density at radius 2 is 2.05 bits per heavy atom. The van der Waals surface area contributed by atoms with Crippen LogP contribution in [0, 0.1) is 0 Å². The van der Waals surface area contributed by atoms with E-state index < -0.39 is 0 Å². The molecular weight excluding hydrogens is 272 g/mol. The molecule has 1 aliphatic heterocycles. The van der Waals surface area contributed by atoms with Gasteiger partial charge in [0.1, 0.15) is 0 Å². The maximum absolute atomic E-state index is 6.02. The maximum atomic E-state index is 6.02. The summed E-state index contributed by atoms with van der Waals surface area (Å²) >= 11 is 5.98. The molecule has 1 aliphatic rings. The van der Waals surface area contributed by atoms with Gasteiger partial charge in [0, 0.05) is 24.2 Å². The summed E-state index contributed by atoms with van der Waals surface area (Å²) in [5.41, 5.74) is 1.24. The predicted molar refractivity (Wildman–Crippen MR) is 84.3 cm³/mol. The van der Waals surface area contributed by atoms with Gasteiger partial charge < -0.3 is 10.1 Å². The molecule has 0 aromatic heterocycles. The maximum Gasteiger partial charge on any atom is 0.0897 e. The van der Waals surface area contributed by atoms with Crippen molar-refractivity contribution in [2.24, 2.45) is 0 Å². The highest BCUT2D eigenvalue weighted by Gasteiger charge is 2.29. The highest BCUT2D eigenvalue weighted by molar-refractivity contribution is 6.30. The monoisotopic (exact) mass is 296 g/mol. The molecule has 2 atom stereocenters. The van der Waals surface area contributed by atoms with Crippen LogP contribution in [0.4, 0.5) is 0 Å². The highest BCUT2D eigenvalue weighted by Crippen LogP contribution is 2.24. The molecule has 2 unspecified atom stereocenters. The zero-order valence-corrected chi connectivity index (χ0v) is 13.4. The number of hydrogen-bond acceptors (Lipinski definition) is 3. The Balaban J connectivity index is 2.13. The van der Waals surface area contributed by atoms with E-state index in [1.165, 1.54) is 5.56 Å². The number of halogens is 1. The zero-order chi connectivity index (χ0) is 14.5. The SMILES string of the molecule is CCNC(c1ccc(Cl)cc1)C1CN(C(C)C)CCO1. The van der Waals surface area contributed by atoms with E-state index in [9.17, 15) is 0 Å². The molecule has 20 heavy (non-hydrogen) atoms. The van der Waals surface area contributed by atoms with Crippen molar-refractivity contribution in [3.05, 3.63) is 34.9 Å². The number of morpholine rings is 1. The second kappa shape index (κ2) is 7.41. The van der Waals surface area contributed by atoms with Crippen LogP contribution in [-0.2, 0) is 4.74 Å². The van der Waals surface area contributed by atoms with Gasteiger partial charge in [0.25, 0.3) is 0 Å². The molecule has 0 aliphatic carbocycles. The van der Waals surface area contributed by atoms with Gasteiger partial charge in [0.2, 0.25) is 0 Å². The molecule has 3 nitrogen and oxygen atoms in total. The summed E-state index contributed by atoms with van der Waals surface area (Å²) in [6.45, 7) is 10.3. The lowest BCUT2D eigenvalue weighted by atomic mass is 9.99. The molecule has 112 valence electrons. The fourth-order valence-electron chi connectivity index (χ4n) is 2.72. The zero-order valence-electron chi connectivity index (χ0n) is 12.6. The van der Waals surface area contributed by atoms with E-state index in [2.05, 4.69) is 43.1 Å². The standard InChI is InChI=1S/C16H25ClN2O/c1-4-18-16(13-5-7-14(17)8-6-13)15-11-19(12(2)3)9-10-20-15/h5-8,12,15-16,18H,4,9-11H2,1-3H3. The number of ether oxygens (including phenoxy) is 1. The van der Waals surface area contributed by atoms with E-state index >= 15 is 0 Å². The Morgan fingerprint density at radius 3 is 2.65 bits per heavy atom. The fraction of sp³-hybridized carbons (Fsp3) is 0.625. The van der Waals surface area contributed by atoms with Crippen LogP contribution in [0.5, 0.6) is 0 Å². The van der Waals surface area contributed by atoms with Crippen molar-refractivity contribution in [2.45, 2.75) is 39.0 Å². The molecule has 0 saturated carbocycles. The van der Waals surface area contributed by atoms with E-state index in [-0.39, 0.29) is 12.1 Å². The van der Waals surface area contributed by atoms with E-state index in [0.29, 0.717) is 6.04 Å². The minimum atomic E-state index is 0.187. The Bertz CT molecular complexity index is 407. The van der Waals surface area contributed by atoms with Gasteiger partial charge in [0.05, 0.1) is 18.8 Å². The summed E-state index contributed by atoms with van der Waals surface area (Å²) in [6, 6.07) is 8.86. The van der Waals surface area contributed by atoms with Crippen LogP contribution in [0.2, 0.25) is 5.02 Å². The summed E-state index contributed by atoms with van der Waals surface area (Å²) in [7, 11) is 0. The summed E-state index contributed by atoms with van der Waals surface area (Å²) in [5, 5.41) is 4.33. The largest absolute Gasteiger partial charge is 0.374 e. The molecule has 1 heterocycles. The van der Waals surface area contributed by atoms with Gasteiger partial charge in [0.15, 0.2) is 0 Å². The molecule has 0 radical (unpaired) electrons. The van der Waals surface area contributed by atoms with Gasteiger partial charge in [-0.3, -0.25) is 4.90 Å². The number of hydrogen-bond donors (Lipinski definition) is 1. The first-order chi connectivity index (χ1) is 9.61. The molecule has 1 aromatic carbocycles. The van der Waals surface area contributed by atoms with E-state index in [1.54, 1.807) is 0 Å². The second-order valence-electron chi connectivity index (χ2n) is 5.58. The highest BCUT2D eigenvalue weighted by atomic mass is 35.5. The molecular formula is C16H25ClN2O. The van der Waals surface area contributed by atoms with Crippen LogP contribution in [0.3, 0.4) is 0 Å². The van der Waals surface area contributed by atoms with Gasteiger partial charge in [-0.15, -0.1) is 0 Å². The quantitative estimate of drug-likeness (QED) is 0.903. The Labute approximate surface area is 127 Å².